The van der Waals surface area contributed by atoms with Crippen molar-refractivity contribution in [2.75, 3.05) is 11.9 Å². The molecule has 0 fully saturated rings. The van der Waals surface area contributed by atoms with E-state index >= 15 is 0 Å². The van der Waals surface area contributed by atoms with Crippen LogP contribution in [0.2, 0.25) is 10.0 Å². The first-order valence-electron chi connectivity index (χ1n) is 6.46. The molecule has 0 saturated carbocycles. The van der Waals surface area contributed by atoms with Crippen LogP contribution in [-0.4, -0.2) is 22.7 Å². The van der Waals surface area contributed by atoms with Gasteiger partial charge in [0.2, 0.25) is 0 Å². The molecule has 2 aromatic rings. The predicted molar refractivity (Wildman–Crippen MR) is 91.4 cm³/mol. The van der Waals surface area contributed by atoms with E-state index in [0.29, 0.717) is 34.0 Å². The normalized spacial score (nSPS) is 10.4. The zero-order chi connectivity index (χ0) is 15.2. The Morgan fingerprint density at radius 3 is 2.19 bits per heavy atom. The molecule has 2 rings (SSSR count). The molecule has 0 aliphatic carbocycles. The van der Waals surface area contributed by atoms with Crippen molar-refractivity contribution in [2.24, 2.45) is 0 Å². The molecule has 0 heterocycles. The lowest BCUT2D eigenvalue weighted by Gasteiger charge is -2.23. The number of alkyl halides is 1. The molecule has 2 nitrogen and oxygen atoms in total. The SMILES string of the molecule is O=C(c1c(Cl)cccc1Cl)N(CCBr)Cc1ccccc1. The van der Waals surface area contributed by atoms with Crippen LogP contribution < -0.4 is 0 Å². The number of carbonyl (C=O) groups is 1. The molecule has 0 spiro atoms. The molecule has 0 bridgehead atoms. The van der Waals surface area contributed by atoms with E-state index in [4.69, 9.17) is 23.2 Å². The summed E-state index contributed by atoms with van der Waals surface area (Å²) in [6.45, 7) is 1.10. The van der Waals surface area contributed by atoms with Gasteiger partial charge in [-0.2, -0.15) is 0 Å². The fourth-order valence-corrected chi connectivity index (χ4v) is 3.01. The maximum atomic E-state index is 12.7. The van der Waals surface area contributed by atoms with Crippen molar-refractivity contribution >= 4 is 45.0 Å². The van der Waals surface area contributed by atoms with E-state index in [1.165, 1.54) is 0 Å². The van der Waals surface area contributed by atoms with Crippen LogP contribution in [0.1, 0.15) is 15.9 Å². The van der Waals surface area contributed by atoms with Crippen LogP contribution >= 0.6 is 39.1 Å². The van der Waals surface area contributed by atoms with Gasteiger partial charge in [-0.3, -0.25) is 4.79 Å². The van der Waals surface area contributed by atoms with Crippen molar-refractivity contribution in [3.63, 3.8) is 0 Å². The highest BCUT2D eigenvalue weighted by atomic mass is 79.9. The molecule has 0 atom stereocenters. The maximum absolute atomic E-state index is 12.7. The smallest absolute Gasteiger partial charge is 0.257 e. The number of nitrogens with zero attached hydrogens (tertiary/aromatic N) is 1. The number of carbonyl (C=O) groups excluding carboxylic acids is 1. The van der Waals surface area contributed by atoms with Crippen LogP contribution in [0.5, 0.6) is 0 Å². The number of hydrogen-bond donors (Lipinski definition) is 0. The molecular formula is C16H14BrCl2NO. The lowest BCUT2D eigenvalue weighted by molar-refractivity contribution is 0.0755. The van der Waals surface area contributed by atoms with E-state index in [2.05, 4.69) is 15.9 Å². The van der Waals surface area contributed by atoms with Gasteiger partial charge in [-0.05, 0) is 17.7 Å². The number of benzene rings is 2. The Hall–Kier alpha value is -1.03. The highest BCUT2D eigenvalue weighted by molar-refractivity contribution is 9.09. The van der Waals surface area contributed by atoms with Crippen LogP contribution in [-0.2, 0) is 6.54 Å². The molecule has 0 aliphatic rings. The van der Waals surface area contributed by atoms with Crippen molar-refractivity contribution < 1.29 is 4.79 Å². The van der Waals surface area contributed by atoms with Crippen LogP contribution in [0.25, 0.3) is 0 Å². The van der Waals surface area contributed by atoms with Crippen molar-refractivity contribution in [3.8, 4) is 0 Å². The summed E-state index contributed by atoms with van der Waals surface area (Å²) < 4.78 is 0. The van der Waals surface area contributed by atoms with Crippen molar-refractivity contribution in [1.82, 2.24) is 4.90 Å². The van der Waals surface area contributed by atoms with E-state index in [-0.39, 0.29) is 5.91 Å². The van der Waals surface area contributed by atoms with Gasteiger partial charge in [0.25, 0.3) is 5.91 Å². The summed E-state index contributed by atoms with van der Waals surface area (Å²) in [5.41, 5.74) is 1.42. The fourth-order valence-electron chi connectivity index (χ4n) is 2.02. The van der Waals surface area contributed by atoms with E-state index in [9.17, 15) is 4.79 Å². The lowest BCUT2D eigenvalue weighted by Crippen LogP contribution is -2.32. The number of rotatable bonds is 5. The average Bonchev–Trinajstić information content (AvgIpc) is 2.47. The fraction of sp³-hybridized carbons (Fsp3) is 0.188. The predicted octanol–water partition coefficient (Wildman–Crippen LogP) is 5.03. The number of hydrogen-bond acceptors (Lipinski definition) is 1. The van der Waals surface area contributed by atoms with Gasteiger partial charge >= 0.3 is 0 Å². The molecular weight excluding hydrogens is 373 g/mol. The van der Waals surface area contributed by atoms with Crippen LogP contribution in [0.4, 0.5) is 0 Å². The molecule has 0 N–H and O–H groups in total. The summed E-state index contributed by atoms with van der Waals surface area (Å²) >= 11 is 15.6. The number of halogens is 3. The molecule has 21 heavy (non-hydrogen) atoms. The maximum Gasteiger partial charge on any atom is 0.257 e. The molecule has 1 amide bonds. The summed E-state index contributed by atoms with van der Waals surface area (Å²) in [7, 11) is 0. The van der Waals surface area contributed by atoms with Crippen LogP contribution in [0.15, 0.2) is 48.5 Å². The highest BCUT2D eigenvalue weighted by Gasteiger charge is 2.21. The Morgan fingerprint density at radius 1 is 1.00 bits per heavy atom. The quantitative estimate of drug-likeness (QED) is 0.660. The summed E-state index contributed by atoms with van der Waals surface area (Å²) in [6, 6.07) is 14.9. The summed E-state index contributed by atoms with van der Waals surface area (Å²) in [5, 5.41) is 1.44. The Morgan fingerprint density at radius 2 is 1.62 bits per heavy atom. The largest absolute Gasteiger partial charge is 0.333 e. The first-order valence-corrected chi connectivity index (χ1v) is 8.34. The minimum Gasteiger partial charge on any atom is -0.333 e. The van der Waals surface area contributed by atoms with Gasteiger partial charge in [0, 0.05) is 18.4 Å². The average molecular weight is 387 g/mol. The standard InChI is InChI=1S/C16H14BrCl2NO/c17-9-10-20(11-12-5-2-1-3-6-12)16(21)15-13(18)7-4-8-14(15)19/h1-8H,9-11H2. The Bertz CT molecular complexity index is 599. The van der Waals surface area contributed by atoms with Gasteiger partial charge in [-0.15, -0.1) is 0 Å². The molecule has 0 saturated heterocycles. The summed E-state index contributed by atoms with van der Waals surface area (Å²) in [5.74, 6) is -0.158. The molecule has 5 heteroatoms. The van der Waals surface area contributed by atoms with Gasteiger partial charge in [0.1, 0.15) is 0 Å². The van der Waals surface area contributed by atoms with Crippen molar-refractivity contribution in [1.29, 1.82) is 0 Å². The van der Waals surface area contributed by atoms with Crippen LogP contribution in [0.3, 0.4) is 0 Å². The molecule has 0 unspecified atom stereocenters. The third-order valence-electron chi connectivity index (χ3n) is 3.03. The summed E-state index contributed by atoms with van der Waals surface area (Å²) in [4.78, 5) is 14.5. The van der Waals surface area contributed by atoms with Gasteiger partial charge in [-0.25, -0.2) is 0 Å². The zero-order valence-electron chi connectivity index (χ0n) is 11.2. The van der Waals surface area contributed by atoms with E-state index in [1.54, 1.807) is 23.1 Å². The Kier molecular flexibility index (Phi) is 6.09. The Balaban J connectivity index is 2.27. The molecule has 0 aliphatic heterocycles. The Labute approximate surface area is 142 Å². The van der Waals surface area contributed by atoms with Gasteiger partial charge in [-0.1, -0.05) is 75.5 Å². The topological polar surface area (TPSA) is 20.3 Å². The van der Waals surface area contributed by atoms with E-state index in [1.807, 2.05) is 30.3 Å². The molecule has 0 aromatic heterocycles. The minimum atomic E-state index is -0.158. The van der Waals surface area contributed by atoms with E-state index < -0.39 is 0 Å². The van der Waals surface area contributed by atoms with Gasteiger partial charge < -0.3 is 4.90 Å². The third kappa shape index (κ3) is 4.22. The zero-order valence-corrected chi connectivity index (χ0v) is 14.3. The first kappa shape index (κ1) is 16.3. The van der Waals surface area contributed by atoms with Gasteiger partial charge in [0.15, 0.2) is 0 Å². The van der Waals surface area contributed by atoms with E-state index in [0.717, 1.165) is 5.56 Å². The van der Waals surface area contributed by atoms with Gasteiger partial charge in [0.05, 0.1) is 15.6 Å². The summed E-state index contributed by atoms with van der Waals surface area (Å²) in [6.07, 6.45) is 0. The third-order valence-corrected chi connectivity index (χ3v) is 4.02. The second-order valence-corrected chi connectivity index (χ2v) is 6.11. The van der Waals surface area contributed by atoms with Crippen LogP contribution in [0, 0.1) is 0 Å². The monoisotopic (exact) mass is 385 g/mol. The number of amides is 1. The molecule has 0 radical (unpaired) electrons. The second kappa shape index (κ2) is 7.83. The minimum absolute atomic E-state index is 0.158. The van der Waals surface area contributed by atoms with Crippen molar-refractivity contribution in [2.45, 2.75) is 6.54 Å². The first-order chi connectivity index (χ1) is 10.1. The molecule has 2 aromatic carbocycles. The lowest BCUT2D eigenvalue weighted by atomic mass is 10.1. The van der Waals surface area contributed by atoms with Crippen molar-refractivity contribution in [3.05, 3.63) is 69.7 Å². The molecule has 110 valence electrons. The highest BCUT2D eigenvalue weighted by Crippen LogP contribution is 2.26. The second-order valence-electron chi connectivity index (χ2n) is 4.50.